The maximum Gasteiger partial charge on any atom is 0.307 e. The fourth-order valence-electron chi connectivity index (χ4n) is 2.35. The maximum absolute atomic E-state index is 11.7. The summed E-state index contributed by atoms with van der Waals surface area (Å²) in [5.74, 6) is -0.346. The molecule has 0 saturated heterocycles. The van der Waals surface area contributed by atoms with Crippen LogP contribution in [0, 0.1) is 0 Å². The monoisotopic (exact) mass is 256 g/mol. The summed E-state index contributed by atoms with van der Waals surface area (Å²) in [6.45, 7) is 2.46. The molecular weight excluding hydrogens is 232 g/mol. The average molecular weight is 256 g/mol. The highest BCUT2D eigenvalue weighted by molar-refractivity contribution is 5.78. The lowest BCUT2D eigenvalue weighted by Gasteiger charge is -2.32. The van der Waals surface area contributed by atoms with Gasteiger partial charge < -0.3 is 15.8 Å². The van der Waals surface area contributed by atoms with Crippen LogP contribution in [0.3, 0.4) is 0 Å². The molecule has 1 aliphatic rings. The Bertz CT molecular complexity index is 286. The zero-order valence-corrected chi connectivity index (χ0v) is 11.2. The zero-order chi connectivity index (χ0) is 13.4. The van der Waals surface area contributed by atoms with Gasteiger partial charge in [-0.25, -0.2) is 0 Å². The number of ether oxygens (including phenoxy) is 1. The summed E-state index contributed by atoms with van der Waals surface area (Å²) >= 11 is 0. The average Bonchev–Trinajstić information content (AvgIpc) is 2.29. The van der Waals surface area contributed by atoms with Gasteiger partial charge in [0.2, 0.25) is 5.91 Å². The van der Waals surface area contributed by atoms with Crippen LogP contribution in [0.2, 0.25) is 0 Å². The molecule has 1 saturated carbocycles. The van der Waals surface area contributed by atoms with Gasteiger partial charge in [-0.3, -0.25) is 9.59 Å². The third-order valence-electron chi connectivity index (χ3n) is 3.32. The van der Waals surface area contributed by atoms with Crippen LogP contribution < -0.4 is 11.1 Å². The van der Waals surface area contributed by atoms with Gasteiger partial charge >= 0.3 is 5.97 Å². The van der Waals surface area contributed by atoms with E-state index in [1.807, 2.05) is 0 Å². The number of nitrogens with two attached hydrogens (primary N) is 1. The number of carbonyl (C=O) groups is 2. The number of rotatable bonds is 6. The summed E-state index contributed by atoms with van der Waals surface area (Å²) in [4.78, 5) is 22.8. The van der Waals surface area contributed by atoms with Gasteiger partial charge in [-0.2, -0.15) is 0 Å². The maximum atomic E-state index is 11.7. The minimum absolute atomic E-state index is 0.0660. The quantitative estimate of drug-likeness (QED) is 0.697. The number of nitrogens with one attached hydrogen (secondary N) is 1. The Kier molecular flexibility index (Phi) is 6.12. The van der Waals surface area contributed by atoms with Crippen molar-refractivity contribution in [2.75, 3.05) is 13.2 Å². The molecule has 1 amide bonds. The predicted molar refractivity (Wildman–Crippen MR) is 68.9 cm³/mol. The molecule has 0 aliphatic heterocycles. The first-order chi connectivity index (χ1) is 8.56. The second-order valence-electron chi connectivity index (χ2n) is 5.00. The second kappa shape index (κ2) is 7.36. The third-order valence-corrected chi connectivity index (χ3v) is 3.32. The van der Waals surface area contributed by atoms with Crippen LogP contribution in [0.25, 0.3) is 0 Å². The van der Waals surface area contributed by atoms with Gasteiger partial charge in [0, 0.05) is 18.5 Å². The molecule has 104 valence electrons. The fourth-order valence-corrected chi connectivity index (χ4v) is 2.35. The minimum Gasteiger partial charge on any atom is -0.466 e. The highest BCUT2D eigenvalue weighted by Crippen LogP contribution is 2.28. The molecule has 5 nitrogen and oxygen atoms in total. The van der Waals surface area contributed by atoms with Crippen molar-refractivity contribution in [3.63, 3.8) is 0 Å². The van der Waals surface area contributed by atoms with Gasteiger partial charge in [0.1, 0.15) is 0 Å². The van der Waals surface area contributed by atoms with Gasteiger partial charge in [-0.1, -0.05) is 19.3 Å². The molecule has 0 atom stereocenters. The van der Waals surface area contributed by atoms with E-state index in [1.165, 1.54) is 6.42 Å². The number of carbonyl (C=O) groups excluding carboxylic acids is 2. The lowest BCUT2D eigenvalue weighted by atomic mass is 9.80. The van der Waals surface area contributed by atoms with Gasteiger partial charge in [-0.15, -0.1) is 0 Å². The van der Waals surface area contributed by atoms with Crippen LogP contribution >= 0.6 is 0 Å². The first kappa shape index (κ1) is 15.0. The number of amides is 1. The standard InChI is InChI=1S/C13H24N2O3/c1-2-18-12(17)6-9-15-11(16)10-13(14)7-4-3-5-8-13/h2-10,14H2,1H3,(H,15,16). The molecule has 5 heteroatoms. The molecule has 0 heterocycles. The smallest absolute Gasteiger partial charge is 0.307 e. The Morgan fingerprint density at radius 1 is 1.28 bits per heavy atom. The minimum atomic E-state index is -0.341. The van der Waals surface area contributed by atoms with E-state index >= 15 is 0 Å². The van der Waals surface area contributed by atoms with Crippen LogP contribution in [0.4, 0.5) is 0 Å². The molecule has 0 unspecified atom stereocenters. The van der Waals surface area contributed by atoms with E-state index in [4.69, 9.17) is 10.5 Å². The zero-order valence-electron chi connectivity index (χ0n) is 11.2. The van der Waals surface area contributed by atoms with E-state index in [9.17, 15) is 9.59 Å². The molecular formula is C13H24N2O3. The van der Waals surface area contributed by atoms with Gasteiger partial charge in [0.05, 0.1) is 13.0 Å². The molecule has 3 N–H and O–H groups in total. The molecule has 18 heavy (non-hydrogen) atoms. The van der Waals surface area contributed by atoms with Crippen molar-refractivity contribution >= 4 is 11.9 Å². The highest BCUT2D eigenvalue weighted by atomic mass is 16.5. The molecule has 0 radical (unpaired) electrons. The van der Waals surface area contributed by atoms with Gasteiger partial charge in [0.15, 0.2) is 0 Å². The van der Waals surface area contributed by atoms with Crippen LogP contribution in [0.1, 0.15) is 51.9 Å². The Hall–Kier alpha value is -1.10. The van der Waals surface area contributed by atoms with Crippen molar-refractivity contribution in [2.24, 2.45) is 5.73 Å². The summed E-state index contributed by atoms with van der Waals surface area (Å²) in [6.07, 6.45) is 5.83. The van der Waals surface area contributed by atoms with Crippen molar-refractivity contribution in [3.8, 4) is 0 Å². The lowest BCUT2D eigenvalue weighted by Crippen LogP contribution is -2.46. The largest absolute Gasteiger partial charge is 0.466 e. The Morgan fingerprint density at radius 3 is 2.56 bits per heavy atom. The molecule has 1 aliphatic carbocycles. The Balaban J connectivity index is 2.18. The van der Waals surface area contributed by atoms with Crippen LogP contribution in [0.5, 0.6) is 0 Å². The van der Waals surface area contributed by atoms with Crippen LogP contribution in [-0.4, -0.2) is 30.6 Å². The SMILES string of the molecule is CCOC(=O)CCNC(=O)CC1(N)CCCCC1. The Labute approximate surface area is 108 Å². The highest BCUT2D eigenvalue weighted by Gasteiger charge is 2.29. The molecule has 0 spiro atoms. The molecule has 1 rings (SSSR count). The lowest BCUT2D eigenvalue weighted by molar-refractivity contribution is -0.143. The van der Waals surface area contributed by atoms with Crippen molar-refractivity contribution in [1.29, 1.82) is 0 Å². The van der Waals surface area contributed by atoms with Crippen molar-refractivity contribution in [2.45, 2.75) is 57.4 Å². The van der Waals surface area contributed by atoms with Crippen molar-refractivity contribution in [1.82, 2.24) is 5.32 Å². The second-order valence-corrected chi connectivity index (χ2v) is 5.00. The first-order valence-electron chi connectivity index (χ1n) is 6.77. The first-order valence-corrected chi connectivity index (χ1v) is 6.77. The number of hydrogen-bond acceptors (Lipinski definition) is 4. The van der Waals surface area contributed by atoms with Crippen molar-refractivity contribution < 1.29 is 14.3 Å². The number of esters is 1. The normalized spacial score (nSPS) is 18.1. The summed E-state index contributed by atoms with van der Waals surface area (Å²) in [6, 6.07) is 0. The summed E-state index contributed by atoms with van der Waals surface area (Å²) in [5.41, 5.74) is 5.85. The number of hydrogen-bond donors (Lipinski definition) is 2. The van der Waals surface area contributed by atoms with E-state index in [1.54, 1.807) is 6.92 Å². The fraction of sp³-hybridized carbons (Fsp3) is 0.846. The van der Waals surface area contributed by atoms with Crippen LogP contribution in [0.15, 0.2) is 0 Å². The van der Waals surface area contributed by atoms with E-state index in [-0.39, 0.29) is 23.8 Å². The van der Waals surface area contributed by atoms with E-state index in [0.29, 0.717) is 19.6 Å². The molecule has 0 bridgehead atoms. The van der Waals surface area contributed by atoms with Gasteiger partial charge in [-0.05, 0) is 19.8 Å². The molecule has 0 aromatic rings. The molecule has 0 aromatic carbocycles. The van der Waals surface area contributed by atoms with E-state index < -0.39 is 0 Å². The third kappa shape index (κ3) is 5.49. The topological polar surface area (TPSA) is 81.4 Å². The van der Waals surface area contributed by atoms with Crippen molar-refractivity contribution in [3.05, 3.63) is 0 Å². The summed E-state index contributed by atoms with van der Waals surface area (Å²) < 4.78 is 4.78. The van der Waals surface area contributed by atoms with E-state index in [2.05, 4.69) is 5.32 Å². The predicted octanol–water partition coefficient (Wildman–Crippen LogP) is 1.11. The summed E-state index contributed by atoms with van der Waals surface area (Å²) in [5, 5.41) is 2.72. The van der Waals surface area contributed by atoms with Gasteiger partial charge in [0.25, 0.3) is 0 Å². The molecule has 0 aromatic heterocycles. The van der Waals surface area contributed by atoms with Crippen LogP contribution in [-0.2, 0) is 14.3 Å². The van der Waals surface area contributed by atoms with E-state index in [0.717, 1.165) is 25.7 Å². The summed E-state index contributed by atoms with van der Waals surface area (Å²) in [7, 11) is 0. The molecule has 1 fully saturated rings. The Morgan fingerprint density at radius 2 is 1.94 bits per heavy atom.